The number of aliphatic carboxylic acids is 1. The van der Waals surface area contributed by atoms with E-state index in [0.717, 1.165) is 0 Å². The molecule has 0 aromatic rings. The molecule has 0 fully saturated rings. The maximum Gasteiger partial charge on any atom is 0.304 e. The van der Waals surface area contributed by atoms with Crippen LogP contribution in [0.15, 0.2) is 0 Å². The van der Waals surface area contributed by atoms with E-state index in [9.17, 15) is 4.79 Å². The van der Waals surface area contributed by atoms with Gasteiger partial charge >= 0.3 is 5.97 Å². The lowest BCUT2D eigenvalue weighted by molar-refractivity contribution is -0.137. The van der Waals surface area contributed by atoms with Crippen molar-refractivity contribution < 1.29 is 9.90 Å². The van der Waals surface area contributed by atoms with Crippen molar-refractivity contribution in [3.05, 3.63) is 0 Å². The van der Waals surface area contributed by atoms with Crippen LogP contribution in [-0.2, 0) is 4.79 Å². The van der Waals surface area contributed by atoms with Crippen LogP contribution in [0, 0.1) is 11.8 Å². The normalized spacial score (nSPS) is 10.9. The van der Waals surface area contributed by atoms with Gasteiger partial charge in [-0.3, -0.25) is 9.69 Å². The van der Waals surface area contributed by atoms with E-state index >= 15 is 0 Å². The molecule has 0 saturated heterocycles. The average molecular weight is 197 g/mol. The van der Waals surface area contributed by atoms with Crippen LogP contribution in [0.5, 0.6) is 0 Å². The number of carboxylic acid groups (broad SMARTS) is 1. The lowest BCUT2D eigenvalue weighted by Crippen LogP contribution is -2.42. The van der Waals surface area contributed by atoms with Crippen LogP contribution in [-0.4, -0.2) is 34.6 Å². The molecule has 0 radical (unpaired) electrons. The monoisotopic (exact) mass is 197 g/mol. The number of carbonyl (C=O) groups is 1. The average Bonchev–Trinajstić information content (AvgIpc) is 2.01. The molecule has 14 heavy (non-hydrogen) atoms. The van der Waals surface area contributed by atoms with Gasteiger partial charge in [0.2, 0.25) is 0 Å². The fourth-order valence-corrected chi connectivity index (χ4v) is 1.06. The summed E-state index contributed by atoms with van der Waals surface area (Å²) in [4.78, 5) is 12.5. The first-order valence-electron chi connectivity index (χ1n) is 4.74. The maximum atomic E-state index is 10.4. The third-order valence-electron chi connectivity index (χ3n) is 1.99. The number of hydrogen-bond acceptors (Lipinski definition) is 2. The third-order valence-corrected chi connectivity index (χ3v) is 1.99. The molecule has 0 bridgehead atoms. The van der Waals surface area contributed by atoms with E-state index in [2.05, 4.69) is 37.5 Å². The van der Waals surface area contributed by atoms with Gasteiger partial charge in [-0.2, -0.15) is 0 Å². The molecule has 3 nitrogen and oxygen atoms in total. The zero-order chi connectivity index (χ0) is 11.2. The summed E-state index contributed by atoms with van der Waals surface area (Å²) in [7, 11) is 0. The zero-order valence-electron chi connectivity index (χ0n) is 9.42. The van der Waals surface area contributed by atoms with E-state index in [0.29, 0.717) is 13.1 Å². The molecule has 0 aliphatic carbocycles. The van der Waals surface area contributed by atoms with Crippen LogP contribution in [0.25, 0.3) is 0 Å². The Morgan fingerprint density at radius 1 is 1.43 bits per heavy atom. The van der Waals surface area contributed by atoms with Crippen LogP contribution in [0.4, 0.5) is 0 Å². The van der Waals surface area contributed by atoms with Crippen LogP contribution in [0.3, 0.4) is 0 Å². The van der Waals surface area contributed by atoms with Gasteiger partial charge in [0.25, 0.3) is 0 Å². The van der Waals surface area contributed by atoms with Gasteiger partial charge in [0.05, 0.1) is 13.0 Å². The molecule has 0 atom stereocenters. The quantitative estimate of drug-likeness (QED) is 0.696. The van der Waals surface area contributed by atoms with Crippen LogP contribution in [0.1, 0.15) is 34.1 Å². The van der Waals surface area contributed by atoms with Crippen molar-refractivity contribution in [1.82, 2.24) is 4.90 Å². The first kappa shape index (κ1) is 13.0. The lowest BCUT2D eigenvalue weighted by Gasteiger charge is -2.33. The Morgan fingerprint density at radius 2 is 2.00 bits per heavy atom. The standard InChI is InChI=1S/C11H19NO2/c1-5-6-8-12(11(2,3)4)9-7-10(13)14/h7-9H2,1-4H3,(H,13,14). The van der Waals surface area contributed by atoms with Crippen molar-refractivity contribution in [2.75, 3.05) is 13.1 Å². The minimum atomic E-state index is -0.760. The Hall–Kier alpha value is -1.01. The molecule has 0 amide bonds. The van der Waals surface area contributed by atoms with Crippen molar-refractivity contribution in [1.29, 1.82) is 0 Å². The molecule has 0 unspecified atom stereocenters. The summed E-state index contributed by atoms with van der Waals surface area (Å²) < 4.78 is 0. The van der Waals surface area contributed by atoms with Crippen LogP contribution >= 0.6 is 0 Å². The highest BCUT2D eigenvalue weighted by Gasteiger charge is 2.20. The Labute approximate surface area is 86.1 Å². The summed E-state index contributed by atoms with van der Waals surface area (Å²) in [5.74, 6) is 5.02. The van der Waals surface area contributed by atoms with Crippen molar-refractivity contribution in [2.45, 2.75) is 39.7 Å². The SMILES string of the molecule is CC#CCN(CCC(=O)O)C(C)(C)C. The first-order valence-corrected chi connectivity index (χ1v) is 4.74. The molecule has 1 N–H and O–H groups in total. The Bertz CT molecular complexity index is 242. The molecule has 0 aliphatic rings. The van der Waals surface area contributed by atoms with Gasteiger partial charge in [-0.1, -0.05) is 5.92 Å². The van der Waals surface area contributed by atoms with Gasteiger partial charge < -0.3 is 5.11 Å². The van der Waals surface area contributed by atoms with Gasteiger partial charge in [0.15, 0.2) is 0 Å². The van der Waals surface area contributed by atoms with Gasteiger partial charge in [-0.05, 0) is 27.7 Å². The molecular formula is C11H19NO2. The summed E-state index contributed by atoms with van der Waals surface area (Å²) in [6.07, 6.45) is 0.169. The third kappa shape index (κ3) is 5.60. The highest BCUT2D eigenvalue weighted by Crippen LogP contribution is 2.12. The first-order chi connectivity index (χ1) is 6.38. The lowest BCUT2D eigenvalue weighted by atomic mass is 10.1. The molecule has 0 aliphatic heterocycles. The number of carboxylic acids is 1. The fourth-order valence-electron chi connectivity index (χ4n) is 1.06. The summed E-state index contributed by atoms with van der Waals surface area (Å²) in [6.45, 7) is 9.16. The Balaban J connectivity index is 4.23. The van der Waals surface area contributed by atoms with E-state index < -0.39 is 5.97 Å². The molecule has 0 rings (SSSR count). The molecule has 0 aromatic heterocycles. The van der Waals surface area contributed by atoms with Crippen LogP contribution in [0.2, 0.25) is 0 Å². The highest BCUT2D eigenvalue weighted by atomic mass is 16.4. The van der Waals surface area contributed by atoms with E-state index in [-0.39, 0.29) is 12.0 Å². The van der Waals surface area contributed by atoms with E-state index in [4.69, 9.17) is 5.11 Å². The zero-order valence-corrected chi connectivity index (χ0v) is 9.42. The van der Waals surface area contributed by atoms with Crippen molar-refractivity contribution in [3.8, 4) is 11.8 Å². The van der Waals surface area contributed by atoms with Crippen molar-refractivity contribution >= 4 is 5.97 Å². The Morgan fingerprint density at radius 3 is 2.36 bits per heavy atom. The largest absolute Gasteiger partial charge is 0.481 e. The number of rotatable bonds is 4. The molecule has 80 valence electrons. The second-order valence-electron chi connectivity index (χ2n) is 4.16. The predicted molar refractivity (Wildman–Crippen MR) is 57.0 cm³/mol. The minimum Gasteiger partial charge on any atom is -0.481 e. The van der Waals surface area contributed by atoms with Crippen LogP contribution < -0.4 is 0 Å². The molecule has 0 heterocycles. The smallest absolute Gasteiger partial charge is 0.304 e. The molecular weight excluding hydrogens is 178 g/mol. The molecule has 0 saturated carbocycles. The second kappa shape index (κ2) is 5.66. The van der Waals surface area contributed by atoms with E-state index in [1.807, 2.05) is 0 Å². The minimum absolute atomic E-state index is 0.0285. The van der Waals surface area contributed by atoms with E-state index in [1.54, 1.807) is 6.92 Å². The maximum absolute atomic E-state index is 10.4. The fraction of sp³-hybridized carbons (Fsp3) is 0.727. The number of nitrogens with zero attached hydrogens (tertiary/aromatic N) is 1. The summed E-state index contributed by atoms with van der Waals surface area (Å²) >= 11 is 0. The summed E-state index contributed by atoms with van der Waals surface area (Å²) in [5.41, 5.74) is -0.0285. The second-order valence-corrected chi connectivity index (χ2v) is 4.16. The van der Waals surface area contributed by atoms with Crippen molar-refractivity contribution in [3.63, 3.8) is 0 Å². The summed E-state index contributed by atoms with van der Waals surface area (Å²) in [5, 5.41) is 8.59. The van der Waals surface area contributed by atoms with E-state index in [1.165, 1.54) is 0 Å². The predicted octanol–water partition coefficient (Wildman–Crippen LogP) is 1.58. The highest BCUT2D eigenvalue weighted by molar-refractivity contribution is 5.66. The molecule has 3 heteroatoms. The van der Waals surface area contributed by atoms with Gasteiger partial charge in [-0.15, -0.1) is 5.92 Å². The molecule has 0 spiro atoms. The van der Waals surface area contributed by atoms with Gasteiger partial charge in [0.1, 0.15) is 0 Å². The Kier molecular flexibility index (Phi) is 5.26. The topological polar surface area (TPSA) is 40.5 Å². The van der Waals surface area contributed by atoms with Crippen molar-refractivity contribution in [2.24, 2.45) is 0 Å². The van der Waals surface area contributed by atoms with Gasteiger partial charge in [0, 0.05) is 12.1 Å². The van der Waals surface area contributed by atoms with Gasteiger partial charge in [-0.25, -0.2) is 0 Å². The number of hydrogen-bond donors (Lipinski definition) is 1. The molecule has 0 aromatic carbocycles. The summed E-state index contributed by atoms with van der Waals surface area (Å²) in [6, 6.07) is 0.